The van der Waals surface area contributed by atoms with Crippen LogP contribution in [0.2, 0.25) is 5.02 Å². The van der Waals surface area contributed by atoms with Gasteiger partial charge in [0.15, 0.2) is 0 Å². The molecule has 0 saturated carbocycles. The third kappa shape index (κ3) is 4.39. The molecule has 0 radical (unpaired) electrons. The molecule has 1 aliphatic heterocycles. The molecular formula is C22H19ClFN3O2. The van der Waals surface area contributed by atoms with E-state index < -0.39 is 5.82 Å². The molecule has 1 aliphatic rings. The summed E-state index contributed by atoms with van der Waals surface area (Å²) in [5.74, 6) is -0.942. The van der Waals surface area contributed by atoms with Gasteiger partial charge in [-0.05, 0) is 54.6 Å². The number of aromatic nitrogens is 1. The maximum atomic E-state index is 14.6. The van der Waals surface area contributed by atoms with E-state index in [4.69, 9.17) is 16.3 Å². The number of benzene rings is 2. The lowest BCUT2D eigenvalue weighted by molar-refractivity contribution is 0.102. The van der Waals surface area contributed by atoms with Crippen LogP contribution < -0.4 is 10.2 Å². The fraction of sp³-hybridized carbons (Fsp3) is 0.182. The number of amides is 1. The molecule has 4 rings (SSSR count). The Hall–Kier alpha value is -2.96. The van der Waals surface area contributed by atoms with Gasteiger partial charge in [0.25, 0.3) is 5.91 Å². The minimum absolute atomic E-state index is 0.218. The molecule has 148 valence electrons. The van der Waals surface area contributed by atoms with Crippen molar-refractivity contribution in [3.8, 4) is 11.3 Å². The van der Waals surface area contributed by atoms with E-state index in [1.165, 1.54) is 12.1 Å². The molecule has 7 heteroatoms. The molecule has 0 bridgehead atoms. The number of pyridine rings is 1. The molecule has 1 N–H and O–H groups in total. The average Bonchev–Trinajstić information content (AvgIpc) is 2.75. The lowest BCUT2D eigenvalue weighted by Crippen LogP contribution is -2.36. The summed E-state index contributed by atoms with van der Waals surface area (Å²) in [6, 6.07) is 15.2. The quantitative estimate of drug-likeness (QED) is 0.680. The molecule has 1 fully saturated rings. The Morgan fingerprint density at radius 3 is 2.55 bits per heavy atom. The fourth-order valence-corrected chi connectivity index (χ4v) is 3.44. The first kappa shape index (κ1) is 19.4. The summed E-state index contributed by atoms with van der Waals surface area (Å²) in [5, 5.41) is 3.15. The number of ether oxygens (including phenoxy) is 1. The third-order valence-electron chi connectivity index (χ3n) is 4.75. The topological polar surface area (TPSA) is 54.5 Å². The van der Waals surface area contributed by atoms with Crippen molar-refractivity contribution in [3.63, 3.8) is 0 Å². The van der Waals surface area contributed by atoms with E-state index in [0.717, 1.165) is 18.8 Å². The zero-order valence-corrected chi connectivity index (χ0v) is 16.3. The van der Waals surface area contributed by atoms with Crippen molar-refractivity contribution in [2.45, 2.75) is 0 Å². The summed E-state index contributed by atoms with van der Waals surface area (Å²) in [6.45, 7) is 3.11. The normalized spacial score (nSPS) is 13.9. The van der Waals surface area contributed by atoms with Crippen LogP contribution in [0.4, 0.5) is 15.8 Å². The lowest BCUT2D eigenvalue weighted by Gasteiger charge is -2.28. The van der Waals surface area contributed by atoms with Crippen LogP contribution in [-0.4, -0.2) is 37.2 Å². The monoisotopic (exact) mass is 411 g/mol. The van der Waals surface area contributed by atoms with Crippen molar-refractivity contribution < 1.29 is 13.9 Å². The molecule has 3 aromatic rings. The lowest BCUT2D eigenvalue weighted by atomic mass is 10.1. The minimum Gasteiger partial charge on any atom is -0.378 e. The highest BCUT2D eigenvalue weighted by Crippen LogP contribution is 2.28. The number of hydrogen-bond donors (Lipinski definition) is 1. The predicted molar refractivity (Wildman–Crippen MR) is 112 cm³/mol. The Morgan fingerprint density at radius 2 is 1.86 bits per heavy atom. The summed E-state index contributed by atoms with van der Waals surface area (Å²) in [7, 11) is 0. The van der Waals surface area contributed by atoms with Gasteiger partial charge in [-0.2, -0.15) is 0 Å². The number of carbonyl (C=O) groups is 1. The van der Waals surface area contributed by atoms with Crippen LogP contribution in [-0.2, 0) is 4.74 Å². The second kappa shape index (κ2) is 8.59. The zero-order chi connectivity index (χ0) is 20.2. The maximum Gasteiger partial charge on any atom is 0.255 e. The number of rotatable bonds is 4. The van der Waals surface area contributed by atoms with Gasteiger partial charge >= 0.3 is 0 Å². The van der Waals surface area contributed by atoms with E-state index in [-0.39, 0.29) is 17.0 Å². The summed E-state index contributed by atoms with van der Waals surface area (Å²) in [6.07, 6.45) is 1.54. The Balaban J connectivity index is 1.47. The molecule has 2 heterocycles. The molecule has 0 spiro atoms. The van der Waals surface area contributed by atoms with Gasteiger partial charge in [0.05, 0.1) is 23.9 Å². The molecule has 1 saturated heterocycles. The molecule has 0 atom stereocenters. The second-order valence-electron chi connectivity index (χ2n) is 6.63. The largest absolute Gasteiger partial charge is 0.378 e. The van der Waals surface area contributed by atoms with Crippen molar-refractivity contribution in [1.82, 2.24) is 4.98 Å². The van der Waals surface area contributed by atoms with E-state index in [0.29, 0.717) is 29.6 Å². The first-order valence-corrected chi connectivity index (χ1v) is 9.64. The third-order valence-corrected chi connectivity index (χ3v) is 5.05. The minimum atomic E-state index is -0.555. The molecule has 29 heavy (non-hydrogen) atoms. The Bertz CT molecular complexity index is 1020. The van der Waals surface area contributed by atoms with Crippen molar-refractivity contribution in [3.05, 3.63) is 77.2 Å². The van der Waals surface area contributed by atoms with Gasteiger partial charge in [-0.1, -0.05) is 11.6 Å². The molecule has 2 aromatic carbocycles. The van der Waals surface area contributed by atoms with Crippen molar-refractivity contribution in [2.75, 3.05) is 36.5 Å². The summed E-state index contributed by atoms with van der Waals surface area (Å²) in [5.41, 5.74) is 2.54. The summed E-state index contributed by atoms with van der Waals surface area (Å²) in [4.78, 5) is 18.9. The van der Waals surface area contributed by atoms with Crippen molar-refractivity contribution in [1.29, 1.82) is 0 Å². The Morgan fingerprint density at radius 1 is 1.10 bits per heavy atom. The van der Waals surface area contributed by atoms with Crippen LogP contribution in [0.3, 0.4) is 0 Å². The van der Waals surface area contributed by atoms with Gasteiger partial charge in [-0.25, -0.2) is 4.39 Å². The van der Waals surface area contributed by atoms with Gasteiger partial charge in [-0.15, -0.1) is 0 Å². The highest BCUT2D eigenvalue weighted by Gasteiger charge is 2.15. The van der Waals surface area contributed by atoms with Gasteiger partial charge in [-0.3, -0.25) is 9.78 Å². The second-order valence-corrected chi connectivity index (χ2v) is 7.04. The summed E-state index contributed by atoms with van der Waals surface area (Å²) >= 11 is 6.09. The van der Waals surface area contributed by atoms with Crippen molar-refractivity contribution in [2.24, 2.45) is 0 Å². The predicted octanol–water partition coefficient (Wildman–Crippen LogP) is 4.63. The van der Waals surface area contributed by atoms with E-state index in [9.17, 15) is 9.18 Å². The van der Waals surface area contributed by atoms with Gasteiger partial charge in [0.1, 0.15) is 5.82 Å². The van der Waals surface area contributed by atoms with Crippen LogP contribution >= 0.6 is 11.6 Å². The number of hydrogen-bond acceptors (Lipinski definition) is 4. The Labute approximate surface area is 173 Å². The number of halogens is 2. The van der Waals surface area contributed by atoms with E-state index in [1.54, 1.807) is 24.4 Å². The van der Waals surface area contributed by atoms with Crippen LogP contribution in [0.25, 0.3) is 11.3 Å². The molecular weight excluding hydrogens is 393 g/mol. The number of morpholine rings is 1. The highest BCUT2D eigenvalue weighted by atomic mass is 35.5. The van der Waals surface area contributed by atoms with Gasteiger partial charge < -0.3 is 15.0 Å². The molecule has 1 aromatic heterocycles. The average molecular weight is 412 g/mol. The number of carbonyl (C=O) groups excluding carboxylic acids is 1. The molecule has 5 nitrogen and oxygen atoms in total. The maximum absolute atomic E-state index is 14.6. The number of nitrogens with zero attached hydrogens (tertiary/aromatic N) is 2. The molecule has 0 unspecified atom stereocenters. The number of anilines is 2. The highest BCUT2D eigenvalue weighted by molar-refractivity contribution is 6.33. The van der Waals surface area contributed by atoms with Crippen LogP contribution in [0.1, 0.15) is 10.4 Å². The molecule has 1 amide bonds. The summed E-state index contributed by atoms with van der Waals surface area (Å²) < 4.78 is 19.9. The van der Waals surface area contributed by atoms with Crippen molar-refractivity contribution >= 4 is 28.9 Å². The Kier molecular flexibility index (Phi) is 5.74. The smallest absolute Gasteiger partial charge is 0.255 e. The van der Waals surface area contributed by atoms with Crippen LogP contribution in [0, 0.1) is 5.82 Å². The number of nitrogens with one attached hydrogen (secondary N) is 1. The van der Waals surface area contributed by atoms with Crippen LogP contribution in [0.5, 0.6) is 0 Å². The van der Waals surface area contributed by atoms with Crippen LogP contribution in [0.15, 0.2) is 60.8 Å². The molecule has 0 aliphatic carbocycles. The van der Waals surface area contributed by atoms with Gasteiger partial charge in [0, 0.05) is 41.8 Å². The van der Waals surface area contributed by atoms with Gasteiger partial charge in [0.2, 0.25) is 0 Å². The zero-order valence-electron chi connectivity index (χ0n) is 15.6. The first-order valence-electron chi connectivity index (χ1n) is 9.26. The fourth-order valence-electron chi connectivity index (χ4n) is 3.21. The first-order chi connectivity index (χ1) is 14.1. The van der Waals surface area contributed by atoms with E-state index in [1.807, 2.05) is 24.3 Å². The van der Waals surface area contributed by atoms with E-state index >= 15 is 0 Å². The standard InChI is InChI=1S/C22H19ClFN3O2/c23-19-2-1-9-25-21(19)18-8-3-15(14-20(18)24)22(28)26-16-4-6-17(7-5-16)27-10-12-29-13-11-27/h1-9,14H,10-13H2,(H,26,28). The van der Waals surface area contributed by atoms with E-state index in [2.05, 4.69) is 15.2 Å². The SMILES string of the molecule is O=C(Nc1ccc(N2CCOCC2)cc1)c1ccc(-c2ncccc2Cl)c(F)c1.